The summed E-state index contributed by atoms with van der Waals surface area (Å²) >= 11 is 0. The maximum absolute atomic E-state index is 10.5. The standard InChI is InChI=1S/C19H27NO6/c1-10-24-9-13-17(25-10)15(22)16(23)18(26-13)20-8-11-6-5-7-12(14(11)21)19(2,3)4/h5-8,10,13,15-18,21-23H,9H2,1-4H3/b20-8+/t10?,13-,15-,16-,17-,18-/m1/s1. The van der Waals surface area contributed by atoms with Gasteiger partial charge >= 0.3 is 0 Å². The molecule has 7 nitrogen and oxygen atoms in total. The molecule has 3 rings (SSSR count). The number of benzene rings is 1. The fourth-order valence-electron chi connectivity index (χ4n) is 3.26. The third-order valence-corrected chi connectivity index (χ3v) is 4.74. The summed E-state index contributed by atoms with van der Waals surface area (Å²) in [6.45, 7) is 8.02. The Labute approximate surface area is 153 Å². The van der Waals surface area contributed by atoms with Gasteiger partial charge < -0.3 is 29.5 Å². The van der Waals surface area contributed by atoms with Crippen LogP contribution in [0, 0.1) is 0 Å². The van der Waals surface area contributed by atoms with Crippen LogP contribution in [0.15, 0.2) is 23.2 Å². The number of hydrogen-bond donors (Lipinski definition) is 3. The fraction of sp³-hybridized carbons (Fsp3) is 0.632. The number of aliphatic hydroxyl groups is 2. The quantitative estimate of drug-likeness (QED) is 0.684. The van der Waals surface area contributed by atoms with Gasteiger partial charge in [-0.3, -0.25) is 4.99 Å². The van der Waals surface area contributed by atoms with Crippen LogP contribution in [0.5, 0.6) is 5.75 Å². The molecule has 2 fully saturated rings. The molecular weight excluding hydrogens is 338 g/mol. The summed E-state index contributed by atoms with van der Waals surface area (Å²) < 4.78 is 16.6. The Balaban J connectivity index is 1.79. The number of aliphatic imine (C=N–C) groups is 1. The molecule has 0 amide bonds. The Morgan fingerprint density at radius 1 is 1.15 bits per heavy atom. The summed E-state index contributed by atoms with van der Waals surface area (Å²) in [6, 6.07) is 5.44. The molecule has 1 aromatic carbocycles. The summed E-state index contributed by atoms with van der Waals surface area (Å²) in [5.41, 5.74) is 1.11. The van der Waals surface area contributed by atoms with Crippen LogP contribution >= 0.6 is 0 Å². The van der Waals surface area contributed by atoms with E-state index in [1.807, 2.05) is 32.9 Å². The van der Waals surface area contributed by atoms with Crippen LogP contribution < -0.4 is 0 Å². The normalized spacial score (nSPS) is 35.5. The monoisotopic (exact) mass is 365 g/mol. The minimum absolute atomic E-state index is 0.144. The van der Waals surface area contributed by atoms with E-state index in [-0.39, 0.29) is 17.8 Å². The van der Waals surface area contributed by atoms with Crippen molar-refractivity contribution in [2.24, 2.45) is 4.99 Å². The molecule has 0 aliphatic carbocycles. The lowest BCUT2D eigenvalue weighted by atomic mass is 9.85. The van der Waals surface area contributed by atoms with Crippen LogP contribution in [0.2, 0.25) is 0 Å². The molecule has 1 unspecified atom stereocenters. The molecule has 0 spiro atoms. The molecule has 0 aromatic heterocycles. The third-order valence-electron chi connectivity index (χ3n) is 4.74. The van der Waals surface area contributed by atoms with Crippen molar-refractivity contribution < 1.29 is 29.5 Å². The molecule has 26 heavy (non-hydrogen) atoms. The summed E-state index contributed by atoms with van der Waals surface area (Å²) in [4.78, 5) is 4.25. The fourth-order valence-corrected chi connectivity index (χ4v) is 3.26. The molecule has 0 saturated carbocycles. The highest BCUT2D eigenvalue weighted by molar-refractivity contribution is 5.84. The van der Waals surface area contributed by atoms with Crippen LogP contribution in [0.3, 0.4) is 0 Å². The molecule has 2 aliphatic heterocycles. The largest absolute Gasteiger partial charge is 0.507 e. The molecule has 2 saturated heterocycles. The van der Waals surface area contributed by atoms with Gasteiger partial charge in [-0.05, 0) is 24.0 Å². The number of fused-ring (bicyclic) bond motifs is 1. The number of rotatable bonds is 2. The number of aromatic hydroxyl groups is 1. The van der Waals surface area contributed by atoms with Crippen molar-refractivity contribution in [1.29, 1.82) is 0 Å². The molecule has 3 N–H and O–H groups in total. The van der Waals surface area contributed by atoms with Gasteiger partial charge in [-0.1, -0.05) is 32.9 Å². The summed E-state index contributed by atoms with van der Waals surface area (Å²) in [7, 11) is 0. The molecular formula is C19H27NO6. The summed E-state index contributed by atoms with van der Waals surface area (Å²) in [6.07, 6.45) is -3.50. The predicted molar refractivity (Wildman–Crippen MR) is 95.4 cm³/mol. The number of nitrogens with zero attached hydrogens (tertiary/aromatic N) is 1. The molecule has 144 valence electrons. The van der Waals surface area contributed by atoms with E-state index in [1.165, 1.54) is 6.21 Å². The first kappa shape index (κ1) is 19.3. The maximum atomic E-state index is 10.5. The Morgan fingerprint density at radius 2 is 1.88 bits per heavy atom. The molecule has 0 bridgehead atoms. The van der Waals surface area contributed by atoms with Gasteiger partial charge in [0.2, 0.25) is 0 Å². The number of phenolic OH excluding ortho intramolecular Hbond substituents is 1. The zero-order chi connectivity index (χ0) is 19.1. The molecule has 1 aromatic rings. The zero-order valence-corrected chi connectivity index (χ0v) is 15.5. The summed E-state index contributed by atoms with van der Waals surface area (Å²) in [5, 5.41) is 31.2. The summed E-state index contributed by atoms with van der Waals surface area (Å²) in [5.74, 6) is 0.144. The van der Waals surface area contributed by atoms with Crippen LogP contribution in [-0.4, -0.2) is 65.1 Å². The highest BCUT2D eigenvalue weighted by atomic mass is 16.7. The lowest BCUT2D eigenvalue weighted by Crippen LogP contribution is -2.62. The topological polar surface area (TPSA) is 101 Å². The van der Waals surface area contributed by atoms with Crippen molar-refractivity contribution in [3.8, 4) is 5.75 Å². The van der Waals surface area contributed by atoms with E-state index in [0.717, 1.165) is 5.56 Å². The second-order valence-corrected chi connectivity index (χ2v) is 7.82. The van der Waals surface area contributed by atoms with Gasteiger partial charge in [0.15, 0.2) is 12.5 Å². The first-order valence-electron chi connectivity index (χ1n) is 8.83. The lowest BCUT2D eigenvalue weighted by Gasteiger charge is -2.44. The molecule has 2 aliphatic rings. The minimum Gasteiger partial charge on any atom is -0.507 e. The van der Waals surface area contributed by atoms with E-state index in [1.54, 1.807) is 13.0 Å². The maximum Gasteiger partial charge on any atom is 0.177 e. The van der Waals surface area contributed by atoms with Gasteiger partial charge in [0, 0.05) is 11.8 Å². The van der Waals surface area contributed by atoms with Crippen molar-refractivity contribution in [1.82, 2.24) is 0 Å². The van der Waals surface area contributed by atoms with Gasteiger partial charge in [0.25, 0.3) is 0 Å². The van der Waals surface area contributed by atoms with E-state index in [2.05, 4.69) is 4.99 Å². The van der Waals surface area contributed by atoms with Gasteiger partial charge in [-0.25, -0.2) is 0 Å². The van der Waals surface area contributed by atoms with Crippen LogP contribution in [0.1, 0.15) is 38.8 Å². The Kier molecular flexibility index (Phi) is 5.37. The first-order valence-corrected chi connectivity index (χ1v) is 8.83. The first-order chi connectivity index (χ1) is 12.2. The predicted octanol–water partition coefficient (Wildman–Crippen LogP) is 1.32. The van der Waals surface area contributed by atoms with Gasteiger partial charge in [0.1, 0.15) is 30.2 Å². The van der Waals surface area contributed by atoms with E-state index >= 15 is 0 Å². The van der Waals surface area contributed by atoms with Gasteiger partial charge in [-0.15, -0.1) is 0 Å². The van der Waals surface area contributed by atoms with E-state index in [9.17, 15) is 15.3 Å². The Hall–Kier alpha value is -1.51. The van der Waals surface area contributed by atoms with Crippen molar-refractivity contribution in [2.75, 3.05) is 6.61 Å². The average molecular weight is 365 g/mol. The molecule has 0 radical (unpaired) electrons. The van der Waals surface area contributed by atoms with Crippen LogP contribution in [-0.2, 0) is 19.6 Å². The molecule has 2 heterocycles. The number of phenols is 1. The molecule has 6 atom stereocenters. The average Bonchev–Trinajstić information content (AvgIpc) is 2.57. The number of ether oxygens (including phenoxy) is 3. The third kappa shape index (κ3) is 3.77. The minimum atomic E-state index is -1.23. The SMILES string of the molecule is CC1OC[C@H]2O[C@@H](/N=C/c3cccc(C(C)(C)C)c3O)[C@H](O)[C@@H](O)[C@@H]2O1. The van der Waals surface area contributed by atoms with Crippen molar-refractivity contribution in [2.45, 2.75) is 70.0 Å². The zero-order valence-electron chi connectivity index (χ0n) is 15.5. The Morgan fingerprint density at radius 3 is 2.58 bits per heavy atom. The number of para-hydroxylation sites is 1. The highest BCUT2D eigenvalue weighted by Crippen LogP contribution is 2.33. The second kappa shape index (κ2) is 7.25. The van der Waals surface area contributed by atoms with Gasteiger partial charge in [0.05, 0.1) is 6.61 Å². The smallest absolute Gasteiger partial charge is 0.177 e. The molecule has 7 heteroatoms. The van der Waals surface area contributed by atoms with Crippen molar-refractivity contribution >= 4 is 6.21 Å². The van der Waals surface area contributed by atoms with E-state index in [0.29, 0.717) is 5.56 Å². The van der Waals surface area contributed by atoms with E-state index < -0.39 is 36.9 Å². The van der Waals surface area contributed by atoms with Gasteiger partial charge in [-0.2, -0.15) is 0 Å². The van der Waals surface area contributed by atoms with E-state index in [4.69, 9.17) is 14.2 Å². The Bertz CT molecular complexity index is 668. The van der Waals surface area contributed by atoms with Crippen molar-refractivity contribution in [3.05, 3.63) is 29.3 Å². The van der Waals surface area contributed by atoms with Crippen LogP contribution in [0.25, 0.3) is 0 Å². The lowest BCUT2D eigenvalue weighted by molar-refractivity contribution is -0.319. The van der Waals surface area contributed by atoms with Crippen molar-refractivity contribution in [3.63, 3.8) is 0 Å². The van der Waals surface area contributed by atoms with Crippen LogP contribution in [0.4, 0.5) is 0 Å². The number of aliphatic hydroxyl groups excluding tert-OH is 2. The second-order valence-electron chi connectivity index (χ2n) is 7.82. The number of hydrogen-bond acceptors (Lipinski definition) is 7. The highest BCUT2D eigenvalue weighted by Gasteiger charge is 2.47.